The first-order chi connectivity index (χ1) is 13.0. The maximum Gasteiger partial charge on any atom is 0.416 e. The van der Waals surface area contributed by atoms with Gasteiger partial charge in [-0.2, -0.15) is 13.2 Å². The van der Waals surface area contributed by atoms with Gasteiger partial charge in [0.1, 0.15) is 5.84 Å². The summed E-state index contributed by atoms with van der Waals surface area (Å²) in [7, 11) is 0. The second kappa shape index (κ2) is 7.00. The zero-order chi connectivity index (χ0) is 18.9. The van der Waals surface area contributed by atoms with E-state index in [2.05, 4.69) is 16.7 Å². The molecule has 0 aliphatic carbocycles. The molecule has 2 aliphatic rings. The van der Waals surface area contributed by atoms with Crippen LogP contribution in [0, 0.1) is 5.41 Å². The van der Waals surface area contributed by atoms with E-state index in [9.17, 15) is 13.2 Å². The van der Waals surface area contributed by atoms with Crippen molar-refractivity contribution in [2.75, 3.05) is 18.4 Å². The largest absolute Gasteiger partial charge is 0.416 e. The molecule has 2 heterocycles. The highest BCUT2D eigenvalue weighted by Crippen LogP contribution is 2.41. The standard InChI is InChI=1S/C21H22F3N3/c22-21(23,24)17-6-3-4-15(12-17)14-26-19-20(8-10-25-11-9-20)13-16-5-1-2-7-18(16)27-19/h1-7,12,25H,8-11,13-14H2,(H,26,27). The predicted molar refractivity (Wildman–Crippen MR) is 101 cm³/mol. The molecule has 0 unspecified atom stereocenters. The van der Waals surface area contributed by atoms with Gasteiger partial charge in [0.2, 0.25) is 0 Å². The molecule has 4 rings (SSSR count). The molecule has 2 aliphatic heterocycles. The minimum atomic E-state index is -4.33. The van der Waals surface area contributed by atoms with E-state index in [1.165, 1.54) is 17.7 Å². The number of halogens is 3. The summed E-state index contributed by atoms with van der Waals surface area (Å²) in [4.78, 5) is 4.76. The lowest BCUT2D eigenvalue weighted by molar-refractivity contribution is -0.137. The molecule has 0 saturated carbocycles. The topological polar surface area (TPSA) is 36.4 Å². The summed E-state index contributed by atoms with van der Waals surface area (Å²) in [6.07, 6.45) is -1.48. The number of alkyl halides is 3. The van der Waals surface area contributed by atoms with Crippen LogP contribution in [0.25, 0.3) is 0 Å². The van der Waals surface area contributed by atoms with Gasteiger partial charge >= 0.3 is 6.18 Å². The molecular weight excluding hydrogens is 351 g/mol. The van der Waals surface area contributed by atoms with Crippen LogP contribution in [0.1, 0.15) is 29.5 Å². The molecule has 0 atom stereocenters. The van der Waals surface area contributed by atoms with E-state index in [0.717, 1.165) is 49.9 Å². The molecule has 1 fully saturated rings. The van der Waals surface area contributed by atoms with Crippen molar-refractivity contribution in [2.24, 2.45) is 10.4 Å². The van der Waals surface area contributed by atoms with Crippen LogP contribution in [0.15, 0.2) is 53.5 Å². The Kier molecular flexibility index (Phi) is 4.68. The number of nitrogens with zero attached hydrogens (tertiary/aromatic N) is 1. The van der Waals surface area contributed by atoms with Gasteiger partial charge in [-0.1, -0.05) is 30.3 Å². The Morgan fingerprint density at radius 2 is 1.78 bits per heavy atom. The number of hydrogen-bond acceptors (Lipinski definition) is 2. The van der Waals surface area contributed by atoms with Crippen LogP contribution in [0.5, 0.6) is 0 Å². The van der Waals surface area contributed by atoms with Gasteiger partial charge in [0, 0.05) is 11.1 Å². The van der Waals surface area contributed by atoms with Gasteiger partial charge in [-0.15, -0.1) is 0 Å². The highest BCUT2D eigenvalue weighted by atomic mass is 19.4. The number of piperidine rings is 1. The third-order valence-corrected chi connectivity index (χ3v) is 5.54. The van der Waals surface area contributed by atoms with Crippen molar-refractivity contribution in [1.82, 2.24) is 5.32 Å². The summed E-state index contributed by atoms with van der Waals surface area (Å²) in [5, 5.41) is 6.86. The quantitative estimate of drug-likeness (QED) is 0.804. The van der Waals surface area contributed by atoms with Crippen molar-refractivity contribution < 1.29 is 13.2 Å². The average molecular weight is 373 g/mol. The Bertz CT molecular complexity index is 852. The van der Waals surface area contributed by atoms with Crippen LogP contribution in [-0.2, 0) is 19.1 Å². The van der Waals surface area contributed by atoms with E-state index in [1.54, 1.807) is 6.07 Å². The summed E-state index contributed by atoms with van der Waals surface area (Å²) >= 11 is 0. The fraction of sp³-hybridized carbons (Fsp3) is 0.381. The van der Waals surface area contributed by atoms with Crippen molar-refractivity contribution in [3.05, 3.63) is 65.2 Å². The summed E-state index contributed by atoms with van der Waals surface area (Å²) in [5.74, 6) is 0.903. The highest BCUT2D eigenvalue weighted by molar-refractivity contribution is 6.02. The molecule has 0 aromatic heterocycles. The van der Waals surface area contributed by atoms with E-state index in [4.69, 9.17) is 4.99 Å². The minimum absolute atomic E-state index is 0.0682. The van der Waals surface area contributed by atoms with Crippen molar-refractivity contribution in [3.8, 4) is 0 Å². The molecule has 2 aromatic rings. The zero-order valence-electron chi connectivity index (χ0n) is 14.9. The second-order valence-electron chi connectivity index (χ2n) is 7.35. The molecule has 1 saturated heterocycles. The SMILES string of the molecule is FC(F)(F)c1cccc(CN=C2Nc3ccccc3CC23CCNCC3)c1. The molecule has 0 radical (unpaired) electrons. The molecule has 3 nitrogen and oxygen atoms in total. The Labute approximate surface area is 156 Å². The third kappa shape index (κ3) is 3.72. The first-order valence-corrected chi connectivity index (χ1v) is 9.23. The number of aliphatic imine (C=N–C) groups is 1. The highest BCUT2D eigenvalue weighted by Gasteiger charge is 2.41. The lowest BCUT2D eigenvalue weighted by atomic mass is 9.71. The summed E-state index contributed by atoms with van der Waals surface area (Å²) in [5.41, 5.74) is 2.20. The average Bonchev–Trinajstić information content (AvgIpc) is 2.66. The molecule has 0 bridgehead atoms. The van der Waals surface area contributed by atoms with Crippen LogP contribution in [0.3, 0.4) is 0 Å². The number of fused-ring (bicyclic) bond motifs is 1. The van der Waals surface area contributed by atoms with E-state index in [1.807, 2.05) is 18.2 Å². The second-order valence-corrected chi connectivity index (χ2v) is 7.35. The summed E-state index contributed by atoms with van der Waals surface area (Å²) in [6, 6.07) is 13.6. The maximum absolute atomic E-state index is 13.0. The molecule has 2 aromatic carbocycles. The first-order valence-electron chi connectivity index (χ1n) is 9.23. The number of para-hydroxylation sites is 1. The molecule has 1 spiro atoms. The van der Waals surface area contributed by atoms with Gasteiger partial charge in [-0.3, -0.25) is 4.99 Å². The first kappa shape index (κ1) is 18.0. The van der Waals surface area contributed by atoms with Crippen molar-refractivity contribution in [2.45, 2.75) is 32.0 Å². The molecule has 2 N–H and O–H groups in total. The van der Waals surface area contributed by atoms with Gasteiger partial charge < -0.3 is 10.6 Å². The monoisotopic (exact) mass is 373 g/mol. The summed E-state index contributed by atoms with van der Waals surface area (Å²) in [6.45, 7) is 2.09. The van der Waals surface area contributed by atoms with Crippen molar-refractivity contribution in [3.63, 3.8) is 0 Å². The van der Waals surface area contributed by atoms with E-state index in [0.29, 0.717) is 5.56 Å². The Balaban J connectivity index is 1.64. The molecule has 0 amide bonds. The van der Waals surface area contributed by atoms with Crippen LogP contribution < -0.4 is 10.6 Å². The van der Waals surface area contributed by atoms with Crippen molar-refractivity contribution in [1.29, 1.82) is 0 Å². The van der Waals surface area contributed by atoms with Crippen LogP contribution in [0.2, 0.25) is 0 Å². The number of nitrogens with one attached hydrogen (secondary N) is 2. The van der Waals surface area contributed by atoms with E-state index in [-0.39, 0.29) is 12.0 Å². The lowest BCUT2D eigenvalue weighted by Crippen LogP contribution is -2.48. The van der Waals surface area contributed by atoms with Crippen LogP contribution in [-0.4, -0.2) is 18.9 Å². The summed E-state index contributed by atoms with van der Waals surface area (Å²) < 4.78 is 38.9. The van der Waals surface area contributed by atoms with E-state index < -0.39 is 11.7 Å². The van der Waals surface area contributed by atoms with Gasteiger partial charge in [0.05, 0.1) is 12.1 Å². The molecule has 6 heteroatoms. The number of benzene rings is 2. The fourth-order valence-corrected chi connectivity index (χ4v) is 4.05. The third-order valence-electron chi connectivity index (χ3n) is 5.54. The van der Waals surface area contributed by atoms with Crippen LogP contribution >= 0.6 is 0 Å². The number of rotatable bonds is 2. The van der Waals surface area contributed by atoms with Gasteiger partial charge in [-0.25, -0.2) is 0 Å². The smallest absolute Gasteiger partial charge is 0.343 e. The number of amidine groups is 1. The van der Waals surface area contributed by atoms with Crippen LogP contribution in [0.4, 0.5) is 18.9 Å². The number of hydrogen-bond donors (Lipinski definition) is 2. The molecule has 27 heavy (non-hydrogen) atoms. The normalized spacial score (nSPS) is 20.3. The zero-order valence-corrected chi connectivity index (χ0v) is 14.9. The maximum atomic E-state index is 13.0. The van der Waals surface area contributed by atoms with Gasteiger partial charge in [0.25, 0.3) is 0 Å². The van der Waals surface area contributed by atoms with Gasteiger partial charge in [0.15, 0.2) is 0 Å². The van der Waals surface area contributed by atoms with Crippen molar-refractivity contribution >= 4 is 11.5 Å². The van der Waals surface area contributed by atoms with Gasteiger partial charge in [-0.05, 0) is 61.7 Å². The molecule has 142 valence electrons. The molecular formula is C21H22F3N3. The minimum Gasteiger partial charge on any atom is -0.343 e. The Hall–Kier alpha value is -2.34. The fourth-order valence-electron chi connectivity index (χ4n) is 4.05. The van der Waals surface area contributed by atoms with E-state index >= 15 is 0 Å². The number of anilines is 1. The predicted octanol–water partition coefficient (Wildman–Crippen LogP) is 4.64. The Morgan fingerprint density at radius 1 is 1.00 bits per heavy atom. The Morgan fingerprint density at radius 3 is 2.56 bits per heavy atom. The lowest BCUT2D eigenvalue weighted by Gasteiger charge is -2.42.